The van der Waals surface area contributed by atoms with E-state index in [0.29, 0.717) is 12.5 Å². The van der Waals surface area contributed by atoms with Gasteiger partial charge in [0.2, 0.25) is 0 Å². The van der Waals surface area contributed by atoms with E-state index in [1.807, 2.05) is 35.0 Å². The van der Waals surface area contributed by atoms with Gasteiger partial charge in [0, 0.05) is 12.4 Å². The predicted octanol–water partition coefficient (Wildman–Crippen LogP) is 2.71. The fourth-order valence-corrected chi connectivity index (χ4v) is 1.83. The zero-order chi connectivity index (χ0) is 12.8. The molecular formula is C13H15ClN2O2. The largest absolute Gasteiger partial charge is 0.497 e. The van der Waals surface area contributed by atoms with E-state index in [2.05, 4.69) is 4.98 Å². The molecule has 2 rings (SSSR count). The Kier molecular flexibility index (Phi) is 4.47. The molecule has 18 heavy (non-hydrogen) atoms. The first-order valence-electron chi connectivity index (χ1n) is 5.66. The summed E-state index contributed by atoms with van der Waals surface area (Å²) in [5.74, 6) is 2.91. The van der Waals surface area contributed by atoms with Crippen LogP contribution in [-0.2, 0) is 12.4 Å². The molecule has 0 aliphatic heterocycles. The van der Waals surface area contributed by atoms with Crippen LogP contribution in [0.1, 0.15) is 5.82 Å². The van der Waals surface area contributed by atoms with Gasteiger partial charge in [-0.15, -0.1) is 11.6 Å². The van der Waals surface area contributed by atoms with Crippen molar-refractivity contribution in [2.24, 2.45) is 0 Å². The maximum Gasteiger partial charge on any atom is 0.123 e. The SMILES string of the molecule is COc1ccc(OCCn2ccnc2CCl)cc1. The van der Waals surface area contributed by atoms with Gasteiger partial charge in [0.25, 0.3) is 0 Å². The minimum atomic E-state index is 0.412. The second-order valence-corrected chi connectivity index (χ2v) is 3.96. The molecule has 4 nitrogen and oxygen atoms in total. The normalized spacial score (nSPS) is 10.3. The van der Waals surface area contributed by atoms with E-state index in [1.54, 1.807) is 13.3 Å². The van der Waals surface area contributed by atoms with Gasteiger partial charge in [-0.3, -0.25) is 0 Å². The molecule has 0 bridgehead atoms. The molecule has 0 N–H and O–H groups in total. The lowest BCUT2D eigenvalue weighted by Gasteiger charge is -2.09. The maximum absolute atomic E-state index is 5.76. The Morgan fingerprint density at radius 2 is 1.94 bits per heavy atom. The van der Waals surface area contributed by atoms with Crippen LogP contribution in [-0.4, -0.2) is 23.3 Å². The molecule has 0 unspecified atom stereocenters. The molecule has 0 aliphatic carbocycles. The van der Waals surface area contributed by atoms with Gasteiger partial charge < -0.3 is 14.0 Å². The summed E-state index contributed by atoms with van der Waals surface area (Å²) in [6.07, 6.45) is 3.64. The van der Waals surface area contributed by atoms with Crippen molar-refractivity contribution in [1.82, 2.24) is 9.55 Å². The lowest BCUT2D eigenvalue weighted by atomic mass is 10.3. The number of methoxy groups -OCH3 is 1. The van der Waals surface area contributed by atoms with Crippen molar-refractivity contribution in [2.75, 3.05) is 13.7 Å². The van der Waals surface area contributed by atoms with Crippen LogP contribution in [0.15, 0.2) is 36.7 Å². The third-order valence-electron chi connectivity index (χ3n) is 2.58. The number of halogens is 1. The Morgan fingerprint density at radius 1 is 1.22 bits per heavy atom. The van der Waals surface area contributed by atoms with Gasteiger partial charge in [0.15, 0.2) is 0 Å². The van der Waals surface area contributed by atoms with Crippen molar-refractivity contribution in [3.8, 4) is 11.5 Å². The van der Waals surface area contributed by atoms with Crippen molar-refractivity contribution >= 4 is 11.6 Å². The molecule has 1 heterocycles. The Hall–Kier alpha value is -1.68. The van der Waals surface area contributed by atoms with Gasteiger partial charge in [-0.05, 0) is 24.3 Å². The first kappa shape index (κ1) is 12.8. The number of hydrogen-bond donors (Lipinski definition) is 0. The Labute approximate surface area is 111 Å². The summed E-state index contributed by atoms with van der Waals surface area (Å²) in [5, 5.41) is 0. The first-order valence-corrected chi connectivity index (χ1v) is 6.20. The molecule has 0 atom stereocenters. The number of ether oxygens (including phenoxy) is 2. The highest BCUT2D eigenvalue weighted by atomic mass is 35.5. The van der Waals surface area contributed by atoms with E-state index in [1.165, 1.54) is 0 Å². The number of hydrogen-bond acceptors (Lipinski definition) is 3. The highest BCUT2D eigenvalue weighted by Crippen LogP contribution is 2.17. The summed E-state index contributed by atoms with van der Waals surface area (Å²) >= 11 is 5.76. The summed E-state index contributed by atoms with van der Waals surface area (Å²) in [6, 6.07) is 7.51. The van der Waals surface area contributed by atoms with Crippen molar-refractivity contribution < 1.29 is 9.47 Å². The van der Waals surface area contributed by atoms with Crippen LogP contribution in [0.5, 0.6) is 11.5 Å². The summed E-state index contributed by atoms with van der Waals surface area (Å²) in [7, 11) is 1.64. The molecule has 1 aromatic carbocycles. The smallest absolute Gasteiger partial charge is 0.123 e. The number of benzene rings is 1. The molecule has 5 heteroatoms. The topological polar surface area (TPSA) is 36.3 Å². The van der Waals surface area contributed by atoms with Crippen LogP contribution >= 0.6 is 11.6 Å². The molecule has 0 saturated carbocycles. The standard InChI is InChI=1S/C13H15ClN2O2/c1-17-11-2-4-12(5-3-11)18-9-8-16-7-6-15-13(16)10-14/h2-7H,8-10H2,1H3. The number of aromatic nitrogens is 2. The molecule has 2 aromatic rings. The predicted molar refractivity (Wildman–Crippen MR) is 70.3 cm³/mol. The summed E-state index contributed by atoms with van der Waals surface area (Å²) in [5.41, 5.74) is 0. The molecule has 0 amide bonds. The summed E-state index contributed by atoms with van der Waals surface area (Å²) in [6.45, 7) is 1.31. The van der Waals surface area contributed by atoms with E-state index < -0.39 is 0 Å². The highest BCUT2D eigenvalue weighted by molar-refractivity contribution is 6.16. The molecule has 0 saturated heterocycles. The van der Waals surface area contributed by atoms with Gasteiger partial charge in [0.05, 0.1) is 19.5 Å². The van der Waals surface area contributed by atoms with Crippen LogP contribution in [0.25, 0.3) is 0 Å². The summed E-state index contributed by atoms with van der Waals surface area (Å²) in [4.78, 5) is 4.14. The molecule has 1 aromatic heterocycles. The van der Waals surface area contributed by atoms with Gasteiger partial charge in [-0.25, -0.2) is 4.98 Å². The van der Waals surface area contributed by atoms with Crippen molar-refractivity contribution in [2.45, 2.75) is 12.4 Å². The van der Waals surface area contributed by atoms with E-state index in [0.717, 1.165) is 23.9 Å². The Bertz CT molecular complexity index is 482. The Morgan fingerprint density at radius 3 is 2.61 bits per heavy atom. The van der Waals surface area contributed by atoms with Crippen LogP contribution in [0.4, 0.5) is 0 Å². The number of nitrogens with zero attached hydrogens (tertiary/aromatic N) is 2. The lowest BCUT2D eigenvalue weighted by molar-refractivity contribution is 0.296. The molecule has 0 radical (unpaired) electrons. The minimum Gasteiger partial charge on any atom is -0.497 e. The van der Waals surface area contributed by atoms with Gasteiger partial charge >= 0.3 is 0 Å². The molecule has 0 spiro atoms. The quantitative estimate of drug-likeness (QED) is 0.755. The molecule has 0 aliphatic rings. The van der Waals surface area contributed by atoms with Crippen molar-refractivity contribution in [3.05, 3.63) is 42.5 Å². The average Bonchev–Trinajstić information content (AvgIpc) is 2.87. The van der Waals surface area contributed by atoms with E-state index >= 15 is 0 Å². The second kappa shape index (κ2) is 6.31. The fraction of sp³-hybridized carbons (Fsp3) is 0.308. The highest BCUT2D eigenvalue weighted by Gasteiger charge is 2.01. The lowest BCUT2D eigenvalue weighted by Crippen LogP contribution is -2.09. The van der Waals surface area contributed by atoms with Crippen molar-refractivity contribution in [3.63, 3.8) is 0 Å². The number of imidazole rings is 1. The molecule has 96 valence electrons. The average molecular weight is 267 g/mol. The van der Waals surface area contributed by atoms with Crippen LogP contribution in [0.3, 0.4) is 0 Å². The molecule has 0 fully saturated rings. The van der Waals surface area contributed by atoms with Gasteiger partial charge in [-0.1, -0.05) is 0 Å². The zero-order valence-electron chi connectivity index (χ0n) is 10.2. The van der Waals surface area contributed by atoms with E-state index in [-0.39, 0.29) is 0 Å². The summed E-state index contributed by atoms with van der Waals surface area (Å²) < 4.78 is 12.7. The van der Waals surface area contributed by atoms with Crippen LogP contribution in [0, 0.1) is 0 Å². The zero-order valence-corrected chi connectivity index (χ0v) is 10.9. The third-order valence-corrected chi connectivity index (χ3v) is 2.82. The molecular weight excluding hydrogens is 252 g/mol. The monoisotopic (exact) mass is 266 g/mol. The Balaban J connectivity index is 1.84. The van der Waals surface area contributed by atoms with Crippen LogP contribution < -0.4 is 9.47 Å². The van der Waals surface area contributed by atoms with Gasteiger partial charge in [0.1, 0.15) is 23.9 Å². The number of rotatable bonds is 6. The van der Waals surface area contributed by atoms with Crippen LogP contribution in [0.2, 0.25) is 0 Å². The van der Waals surface area contributed by atoms with Crippen molar-refractivity contribution in [1.29, 1.82) is 0 Å². The van der Waals surface area contributed by atoms with Gasteiger partial charge in [-0.2, -0.15) is 0 Å². The van der Waals surface area contributed by atoms with E-state index in [4.69, 9.17) is 21.1 Å². The third kappa shape index (κ3) is 3.17. The fourth-order valence-electron chi connectivity index (χ4n) is 1.61. The van der Waals surface area contributed by atoms with E-state index in [9.17, 15) is 0 Å². The maximum atomic E-state index is 5.76. The number of alkyl halides is 1. The second-order valence-electron chi connectivity index (χ2n) is 3.69. The minimum absolute atomic E-state index is 0.412. The first-order chi connectivity index (χ1) is 8.83.